The first-order valence-corrected chi connectivity index (χ1v) is 9.15. The Hall–Kier alpha value is -3.41. The van der Waals surface area contributed by atoms with Crippen molar-refractivity contribution < 1.29 is 23.9 Å². The van der Waals surface area contributed by atoms with E-state index in [2.05, 4.69) is 10.1 Å². The van der Waals surface area contributed by atoms with E-state index in [1.165, 1.54) is 13.2 Å². The number of hydrogen-bond acceptors (Lipinski definition) is 6. The summed E-state index contributed by atoms with van der Waals surface area (Å²) < 4.78 is 10.1. The molecule has 0 saturated heterocycles. The molecule has 1 atom stereocenters. The van der Waals surface area contributed by atoms with E-state index >= 15 is 0 Å². The predicted molar refractivity (Wildman–Crippen MR) is 112 cm³/mol. The van der Waals surface area contributed by atoms with Crippen molar-refractivity contribution in [1.29, 1.82) is 0 Å². The lowest BCUT2D eigenvalue weighted by Gasteiger charge is -2.25. The van der Waals surface area contributed by atoms with Gasteiger partial charge in [-0.3, -0.25) is 4.79 Å². The maximum atomic E-state index is 13.0. The van der Waals surface area contributed by atoms with Gasteiger partial charge in [-0.15, -0.1) is 0 Å². The highest BCUT2D eigenvalue weighted by Gasteiger charge is 2.32. The second-order valence-electron chi connectivity index (χ2n) is 7.28. The van der Waals surface area contributed by atoms with Crippen LogP contribution in [0.1, 0.15) is 36.7 Å². The molecular formula is C23H25NO5. The van der Waals surface area contributed by atoms with Crippen molar-refractivity contribution in [3.05, 3.63) is 71.8 Å². The third-order valence-electron chi connectivity index (χ3n) is 3.82. The van der Waals surface area contributed by atoms with Crippen molar-refractivity contribution in [2.24, 2.45) is 0 Å². The molecule has 2 rings (SSSR count). The molecule has 6 nitrogen and oxygen atoms in total. The van der Waals surface area contributed by atoms with Gasteiger partial charge in [-0.05, 0) is 38.5 Å². The number of Topliss-reactive ketones (excluding diaryl/α,β-unsaturated/α-hetero) is 1. The van der Waals surface area contributed by atoms with E-state index in [0.717, 1.165) is 0 Å². The van der Waals surface area contributed by atoms with E-state index in [-0.39, 0.29) is 0 Å². The predicted octanol–water partition coefficient (Wildman–Crippen LogP) is 3.88. The molecule has 2 aromatic rings. The zero-order valence-electron chi connectivity index (χ0n) is 17.0. The normalized spacial score (nSPS) is 12.3. The van der Waals surface area contributed by atoms with Crippen molar-refractivity contribution in [2.75, 3.05) is 12.4 Å². The third kappa shape index (κ3) is 6.60. The van der Waals surface area contributed by atoms with Crippen molar-refractivity contribution in [3.63, 3.8) is 0 Å². The van der Waals surface area contributed by atoms with Crippen LogP contribution in [-0.2, 0) is 19.1 Å². The number of ketones is 1. The number of anilines is 1. The molecule has 0 aliphatic rings. The van der Waals surface area contributed by atoms with Gasteiger partial charge in [-0.1, -0.05) is 48.5 Å². The Morgan fingerprint density at radius 2 is 1.59 bits per heavy atom. The molecule has 0 aromatic heterocycles. The number of methoxy groups -OCH3 is 1. The number of esters is 2. The minimum Gasteiger partial charge on any atom is -0.466 e. The maximum Gasteiger partial charge on any atom is 0.337 e. The average molecular weight is 395 g/mol. The molecule has 0 bridgehead atoms. The van der Waals surface area contributed by atoms with Crippen molar-refractivity contribution in [2.45, 2.75) is 32.4 Å². The summed E-state index contributed by atoms with van der Waals surface area (Å²) in [6.45, 7) is 5.21. The summed E-state index contributed by atoms with van der Waals surface area (Å²) in [6, 6.07) is 14.3. The van der Waals surface area contributed by atoms with Gasteiger partial charge >= 0.3 is 11.9 Å². The summed E-state index contributed by atoms with van der Waals surface area (Å²) in [7, 11) is 1.29. The van der Waals surface area contributed by atoms with Crippen LogP contribution in [0.25, 0.3) is 6.08 Å². The average Bonchev–Trinajstić information content (AvgIpc) is 2.69. The second-order valence-corrected chi connectivity index (χ2v) is 7.28. The van der Waals surface area contributed by atoms with Gasteiger partial charge in [-0.25, -0.2) is 9.59 Å². The molecule has 0 aliphatic heterocycles. The van der Waals surface area contributed by atoms with Crippen LogP contribution in [0.15, 0.2) is 60.7 Å². The van der Waals surface area contributed by atoms with Crippen molar-refractivity contribution in [3.8, 4) is 0 Å². The smallest absolute Gasteiger partial charge is 0.337 e. The Labute approximate surface area is 170 Å². The van der Waals surface area contributed by atoms with E-state index in [4.69, 9.17) is 4.74 Å². The Kier molecular flexibility index (Phi) is 7.31. The molecule has 0 aliphatic carbocycles. The first-order chi connectivity index (χ1) is 13.7. The molecule has 0 radical (unpaired) electrons. The molecule has 6 heteroatoms. The molecule has 0 amide bonds. The lowest BCUT2D eigenvalue weighted by molar-refractivity contribution is -0.154. The quantitative estimate of drug-likeness (QED) is 0.332. The highest BCUT2D eigenvalue weighted by atomic mass is 16.6. The summed E-state index contributed by atoms with van der Waals surface area (Å²) in [5.74, 6) is -1.60. The molecule has 2 aromatic carbocycles. The van der Waals surface area contributed by atoms with Crippen LogP contribution in [0.2, 0.25) is 0 Å². The topological polar surface area (TPSA) is 81.7 Å². The Bertz CT molecular complexity index is 897. The molecule has 1 unspecified atom stereocenters. The number of carbonyl (C=O) groups excluding carboxylic acids is 3. The van der Waals surface area contributed by atoms with Gasteiger partial charge in [0.2, 0.25) is 0 Å². The van der Waals surface area contributed by atoms with E-state index in [1.54, 1.807) is 81.4 Å². The number of benzene rings is 2. The van der Waals surface area contributed by atoms with Crippen LogP contribution in [0.5, 0.6) is 0 Å². The number of nitrogens with one attached hydrogen (secondary N) is 1. The number of ether oxygens (including phenoxy) is 2. The van der Waals surface area contributed by atoms with Crippen molar-refractivity contribution >= 4 is 29.5 Å². The van der Waals surface area contributed by atoms with Gasteiger partial charge in [-0.2, -0.15) is 0 Å². The first-order valence-electron chi connectivity index (χ1n) is 9.15. The van der Waals surface area contributed by atoms with E-state index in [0.29, 0.717) is 16.8 Å². The highest BCUT2D eigenvalue weighted by Crippen LogP contribution is 2.21. The molecular weight excluding hydrogens is 370 g/mol. The first kappa shape index (κ1) is 21.9. The second kappa shape index (κ2) is 9.68. The summed E-state index contributed by atoms with van der Waals surface area (Å²) in [5, 5.41) is 2.98. The van der Waals surface area contributed by atoms with Crippen molar-refractivity contribution in [1.82, 2.24) is 0 Å². The van der Waals surface area contributed by atoms with E-state index in [1.807, 2.05) is 0 Å². The van der Waals surface area contributed by atoms with E-state index < -0.39 is 29.4 Å². The molecule has 0 heterocycles. The van der Waals surface area contributed by atoms with Gasteiger partial charge in [0.05, 0.1) is 7.11 Å². The zero-order chi connectivity index (χ0) is 21.4. The minimum absolute atomic E-state index is 0.387. The van der Waals surface area contributed by atoms with E-state index in [9.17, 15) is 14.4 Å². The fourth-order valence-corrected chi connectivity index (χ4v) is 2.52. The number of hydrogen-bond donors (Lipinski definition) is 1. The molecule has 0 fully saturated rings. The molecule has 1 N–H and O–H groups in total. The summed E-state index contributed by atoms with van der Waals surface area (Å²) >= 11 is 0. The largest absolute Gasteiger partial charge is 0.466 e. The minimum atomic E-state index is -1.25. The van der Waals surface area contributed by atoms with Gasteiger partial charge in [0.25, 0.3) is 0 Å². The van der Waals surface area contributed by atoms with Gasteiger partial charge in [0, 0.05) is 17.3 Å². The monoisotopic (exact) mass is 395 g/mol. The molecule has 29 heavy (non-hydrogen) atoms. The summed E-state index contributed by atoms with van der Waals surface area (Å²) in [6.07, 6.45) is 2.81. The maximum absolute atomic E-state index is 13.0. The van der Waals surface area contributed by atoms with Gasteiger partial charge in [0.1, 0.15) is 5.60 Å². The highest BCUT2D eigenvalue weighted by molar-refractivity contribution is 6.14. The van der Waals surface area contributed by atoms with Crippen LogP contribution in [0.3, 0.4) is 0 Å². The fraction of sp³-hybridized carbons (Fsp3) is 0.261. The molecule has 152 valence electrons. The van der Waals surface area contributed by atoms with Crippen LogP contribution >= 0.6 is 0 Å². The lowest BCUT2D eigenvalue weighted by atomic mass is 10.0. The van der Waals surface area contributed by atoms with Crippen LogP contribution in [0.4, 0.5) is 5.69 Å². The number of rotatable bonds is 7. The number of carbonyl (C=O) groups is 3. The lowest BCUT2D eigenvalue weighted by Crippen LogP contribution is -2.42. The SMILES string of the molecule is COC(=O)/C=C/c1ccccc1NC(C(=O)OC(C)(C)C)C(=O)c1ccccc1. The summed E-state index contributed by atoms with van der Waals surface area (Å²) in [5.41, 5.74) is 0.761. The summed E-state index contributed by atoms with van der Waals surface area (Å²) in [4.78, 5) is 37.3. The molecule has 0 saturated carbocycles. The van der Waals surface area contributed by atoms with Gasteiger partial charge < -0.3 is 14.8 Å². The van der Waals surface area contributed by atoms with Crippen LogP contribution in [-0.4, -0.2) is 36.5 Å². The van der Waals surface area contributed by atoms with Crippen LogP contribution < -0.4 is 5.32 Å². The third-order valence-corrected chi connectivity index (χ3v) is 3.82. The Balaban J connectivity index is 2.38. The van der Waals surface area contributed by atoms with Crippen LogP contribution in [0, 0.1) is 0 Å². The Morgan fingerprint density at radius 1 is 0.966 bits per heavy atom. The number of para-hydroxylation sites is 1. The molecule has 0 spiro atoms. The van der Waals surface area contributed by atoms with Gasteiger partial charge in [0.15, 0.2) is 11.8 Å². The fourth-order valence-electron chi connectivity index (χ4n) is 2.52. The Morgan fingerprint density at radius 3 is 2.21 bits per heavy atom. The zero-order valence-corrected chi connectivity index (χ0v) is 17.0. The standard InChI is InChI=1S/C23H25NO5/c1-23(2,3)29-22(27)20(21(26)17-11-6-5-7-12-17)24-18-13-9-8-10-16(18)14-15-19(25)28-4/h5-15,20,24H,1-4H3/b15-14+.